The Morgan fingerprint density at radius 1 is 1.14 bits per heavy atom. The van der Waals surface area contributed by atoms with Crippen molar-refractivity contribution in [3.63, 3.8) is 0 Å². The molecular formula is C20H25N5O3S. The first kappa shape index (κ1) is 19.9. The van der Waals surface area contributed by atoms with Crippen molar-refractivity contribution in [2.45, 2.75) is 18.8 Å². The number of hydrogen-bond acceptors (Lipinski definition) is 7. The van der Waals surface area contributed by atoms with E-state index >= 15 is 0 Å². The van der Waals surface area contributed by atoms with Crippen LogP contribution in [0, 0.1) is 0 Å². The fraction of sp³-hybridized carbons (Fsp3) is 0.500. The molecule has 2 aromatic heterocycles. The highest BCUT2D eigenvalue weighted by Gasteiger charge is 2.24. The lowest BCUT2D eigenvalue weighted by Crippen LogP contribution is -2.40. The van der Waals surface area contributed by atoms with Crippen LogP contribution in [-0.2, 0) is 9.53 Å². The minimum atomic E-state index is -0.0255. The number of piperidine rings is 1. The first-order chi connectivity index (χ1) is 14.2. The van der Waals surface area contributed by atoms with Gasteiger partial charge in [0.25, 0.3) is 5.91 Å². The van der Waals surface area contributed by atoms with Gasteiger partial charge in [0.05, 0.1) is 25.3 Å². The van der Waals surface area contributed by atoms with Crippen molar-refractivity contribution < 1.29 is 14.3 Å². The summed E-state index contributed by atoms with van der Waals surface area (Å²) in [7, 11) is 0. The number of nitrogens with one attached hydrogen (secondary N) is 1. The Hall–Kier alpha value is -2.36. The molecular weight excluding hydrogens is 390 g/mol. The second kappa shape index (κ2) is 9.43. The van der Waals surface area contributed by atoms with Crippen LogP contribution in [0.15, 0.2) is 29.9 Å². The van der Waals surface area contributed by atoms with Gasteiger partial charge >= 0.3 is 0 Å². The molecule has 0 atom stereocenters. The zero-order chi connectivity index (χ0) is 20.1. The second-order valence-electron chi connectivity index (χ2n) is 7.31. The number of aromatic nitrogens is 2. The Kier molecular flexibility index (Phi) is 6.48. The molecule has 0 bridgehead atoms. The standard InChI is InChI=1S/C20H25N5O3S/c26-18(23-20-21-5-12-29-20)14-24-6-3-15(4-7-24)17-2-1-16(13-22-17)19(27)25-8-10-28-11-9-25/h1-2,5,12-13,15H,3-4,6-11,14H2,(H,21,23,26). The van der Waals surface area contributed by atoms with Crippen LogP contribution in [0.5, 0.6) is 0 Å². The Morgan fingerprint density at radius 3 is 2.59 bits per heavy atom. The van der Waals surface area contributed by atoms with Crippen molar-refractivity contribution in [1.29, 1.82) is 0 Å². The van der Waals surface area contributed by atoms with Crippen LogP contribution in [0.1, 0.15) is 34.8 Å². The molecule has 8 nitrogen and oxygen atoms in total. The van der Waals surface area contributed by atoms with Gasteiger partial charge in [0.1, 0.15) is 0 Å². The summed E-state index contributed by atoms with van der Waals surface area (Å²) < 4.78 is 5.30. The summed E-state index contributed by atoms with van der Waals surface area (Å²) in [4.78, 5) is 37.3. The molecule has 2 aliphatic rings. The fourth-order valence-electron chi connectivity index (χ4n) is 3.76. The highest BCUT2D eigenvalue weighted by Crippen LogP contribution is 2.26. The predicted octanol–water partition coefficient (Wildman–Crippen LogP) is 1.83. The second-order valence-corrected chi connectivity index (χ2v) is 8.21. The molecule has 0 spiro atoms. The zero-order valence-electron chi connectivity index (χ0n) is 16.2. The molecule has 0 radical (unpaired) electrons. The molecule has 4 rings (SSSR count). The molecule has 1 N–H and O–H groups in total. The van der Waals surface area contributed by atoms with E-state index in [1.165, 1.54) is 11.3 Å². The molecule has 2 aromatic rings. The number of hydrogen-bond donors (Lipinski definition) is 1. The maximum Gasteiger partial charge on any atom is 0.255 e. The molecule has 0 saturated carbocycles. The molecule has 2 amide bonds. The van der Waals surface area contributed by atoms with Gasteiger partial charge in [0.2, 0.25) is 5.91 Å². The lowest BCUT2D eigenvalue weighted by molar-refractivity contribution is -0.117. The van der Waals surface area contributed by atoms with Gasteiger partial charge in [-0.15, -0.1) is 11.3 Å². The van der Waals surface area contributed by atoms with Crippen LogP contribution in [0.2, 0.25) is 0 Å². The fourth-order valence-corrected chi connectivity index (χ4v) is 4.30. The molecule has 0 unspecified atom stereocenters. The molecule has 9 heteroatoms. The van der Waals surface area contributed by atoms with E-state index in [1.54, 1.807) is 12.4 Å². The van der Waals surface area contributed by atoms with Crippen molar-refractivity contribution in [2.24, 2.45) is 0 Å². The van der Waals surface area contributed by atoms with Crippen LogP contribution in [0.4, 0.5) is 5.13 Å². The third-order valence-corrected chi connectivity index (χ3v) is 6.07. The lowest BCUT2D eigenvalue weighted by Gasteiger charge is -2.31. The molecule has 0 aromatic carbocycles. The van der Waals surface area contributed by atoms with E-state index in [4.69, 9.17) is 4.74 Å². The summed E-state index contributed by atoms with van der Waals surface area (Å²) >= 11 is 1.42. The van der Waals surface area contributed by atoms with E-state index in [1.807, 2.05) is 22.4 Å². The molecule has 0 aliphatic carbocycles. The number of nitrogens with zero attached hydrogens (tertiary/aromatic N) is 4. The number of rotatable bonds is 5. The SMILES string of the molecule is O=C(CN1CCC(c2ccc(C(=O)N3CCOCC3)cn2)CC1)Nc1nccs1. The van der Waals surface area contributed by atoms with Gasteiger partial charge in [-0.1, -0.05) is 0 Å². The van der Waals surface area contributed by atoms with E-state index in [0.29, 0.717) is 49.5 Å². The summed E-state index contributed by atoms with van der Waals surface area (Å²) in [5.41, 5.74) is 1.65. The summed E-state index contributed by atoms with van der Waals surface area (Å²) in [6, 6.07) is 3.86. The number of morpholine rings is 1. The number of carbonyl (C=O) groups is 2. The number of carbonyl (C=O) groups excluding carboxylic acids is 2. The third-order valence-electron chi connectivity index (χ3n) is 5.38. The highest BCUT2D eigenvalue weighted by molar-refractivity contribution is 7.13. The predicted molar refractivity (Wildman–Crippen MR) is 110 cm³/mol. The highest BCUT2D eigenvalue weighted by atomic mass is 32.1. The zero-order valence-corrected chi connectivity index (χ0v) is 17.1. The van der Waals surface area contributed by atoms with Crippen molar-refractivity contribution in [3.05, 3.63) is 41.2 Å². The number of likely N-dealkylation sites (tertiary alicyclic amines) is 1. The average molecular weight is 416 g/mol. The molecule has 4 heterocycles. The molecule has 2 fully saturated rings. The summed E-state index contributed by atoms with van der Waals surface area (Å²) in [5, 5.41) is 5.31. The number of pyridine rings is 1. The van der Waals surface area contributed by atoms with Crippen molar-refractivity contribution >= 4 is 28.3 Å². The van der Waals surface area contributed by atoms with Gasteiger partial charge in [0, 0.05) is 42.5 Å². The topological polar surface area (TPSA) is 87.7 Å². The monoisotopic (exact) mass is 415 g/mol. The first-order valence-corrected chi connectivity index (χ1v) is 10.8. The Bertz CT molecular complexity index is 813. The van der Waals surface area contributed by atoms with E-state index < -0.39 is 0 Å². The number of thiazole rings is 1. The van der Waals surface area contributed by atoms with Gasteiger partial charge in [-0.2, -0.15) is 0 Å². The van der Waals surface area contributed by atoms with Gasteiger partial charge < -0.3 is 15.0 Å². The van der Waals surface area contributed by atoms with E-state index in [9.17, 15) is 9.59 Å². The number of ether oxygens (including phenoxy) is 1. The minimum absolute atomic E-state index is 0.0217. The summed E-state index contributed by atoms with van der Waals surface area (Å²) in [5.74, 6) is 0.358. The molecule has 2 aliphatic heterocycles. The molecule has 29 heavy (non-hydrogen) atoms. The normalized spacial score (nSPS) is 18.6. The largest absolute Gasteiger partial charge is 0.378 e. The van der Waals surface area contributed by atoms with Crippen LogP contribution >= 0.6 is 11.3 Å². The van der Waals surface area contributed by atoms with Gasteiger partial charge in [-0.3, -0.25) is 19.5 Å². The smallest absolute Gasteiger partial charge is 0.255 e. The van der Waals surface area contributed by atoms with Crippen LogP contribution in [0.25, 0.3) is 0 Å². The van der Waals surface area contributed by atoms with Crippen molar-refractivity contribution in [3.8, 4) is 0 Å². The van der Waals surface area contributed by atoms with E-state index in [2.05, 4.69) is 20.2 Å². The third kappa shape index (κ3) is 5.17. The Labute approximate surface area is 173 Å². The minimum Gasteiger partial charge on any atom is -0.378 e. The maximum absolute atomic E-state index is 12.5. The Morgan fingerprint density at radius 2 is 1.93 bits per heavy atom. The lowest BCUT2D eigenvalue weighted by atomic mass is 9.93. The van der Waals surface area contributed by atoms with Gasteiger partial charge in [-0.25, -0.2) is 4.98 Å². The van der Waals surface area contributed by atoms with E-state index in [0.717, 1.165) is 31.6 Å². The van der Waals surface area contributed by atoms with Gasteiger partial charge in [-0.05, 0) is 38.1 Å². The number of amides is 2. The van der Waals surface area contributed by atoms with Crippen LogP contribution in [-0.4, -0.2) is 77.5 Å². The first-order valence-electron chi connectivity index (χ1n) is 9.94. The maximum atomic E-state index is 12.5. The Balaban J connectivity index is 1.26. The van der Waals surface area contributed by atoms with Crippen LogP contribution < -0.4 is 5.32 Å². The van der Waals surface area contributed by atoms with Crippen LogP contribution in [0.3, 0.4) is 0 Å². The summed E-state index contributed by atoms with van der Waals surface area (Å²) in [6.07, 6.45) is 5.28. The van der Waals surface area contributed by atoms with Crippen molar-refractivity contribution in [2.75, 3.05) is 51.3 Å². The number of anilines is 1. The van der Waals surface area contributed by atoms with Gasteiger partial charge in [0.15, 0.2) is 5.13 Å². The van der Waals surface area contributed by atoms with Crippen molar-refractivity contribution in [1.82, 2.24) is 19.8 Å². The summed E-state index contributed by atoms with van der Waals surface area (Å²) in [6.45, 7) is 4.55. The quantitative estimate of drug-likeness (QED) is 0.802. The average Bonchev–Trinajstić information content (AvgIpc) is 3.27. The molecule has 2 saturated heterocycles. The molecule has 154 valence electrons. The van der Waals surface area contributed by atoms with E-state index in [-0.39, 0.29) is 11.8 Å².